The van der Waals surface area contributed by atoms with Gasteiger partial charge in [-0.05, 0) is 37.4 Å². The number of allylic oxidation sites excluding steroid dienone is 1. The maximum Gasteiger partial charge on any atom is 0.316 e. The van der Waals surface area contributed by atoms with Gasteiger partial charge in [0.05, 0.1) is 12.2 Å². The van der Waals surface area contributed by atoms with Crippen LogP contribution in [-0.4, -0.2) is 72.6 Å². The molecule has 0 unspecified atom stereocenters. The highest BCUT2D eigenvalue weighted by molar-refractivity contribution is 6.21. The van der Waals surface area contributed by atoms with Gasteiger partial charge < -0.3 is 20.9 Å². The molecule has 29 heavy (non-hydrogen) atoms. The van der Waals surface area contributed by atoms with E-state index in [1.165, 1.54) is 0 Å². The van der Waals surface area contributed by atoms with Gasteiger partial charge in [0.25, 0.3) is 0 Å². The van der Waals surface area contributed by atoms with Crippen molar-refractivity contribution in [1.29, 1.82) is 0 Å². The second-order valence-corrected chi connectivity index (χ2v) is 7.43. The molecule has 0 spiro atoms. The lowest BCUT2D eigenvalue weighted by atomic mass is 10.0. The van der Waals surface area contributed by atoms with Crippen LogP contribution in [0.25, 0.3) is 11.6 Å². The van der Waals surface area contributed by atoms with Gasteiger partial charge >= 0.3 is 6.03 Å². The highest BCUT2D eigenvalue weighted by atomic mass is 16.2. The SMILES string of the molecule is CN1CCN(CC(=O)c2c[nH]c(C=C3C=Nc4ccc(NC(N)=O)cc43)c2)CC1. The first kappa shape index (κ1) is 19.1. The number of Topliss-reactive ketones (excluding diaryl/α,β-unsaturated/α-hetero) is 1. The van der Waals surface area contributed by atoms with Gasteiger partial charge in [0.1, 0.15) is 0 Å². The van der Waals surface area contributed by atoms with Crippen molar-refractivity contribution in [3.8, 4) is 0 Å². The van der Waals surface area contributed by atoms with E-state index in [0.29, 0.717) is 17.8 Å². The summed E-state index contributed by atoms with van der Waals surface area (Å²) in [5.41, 5.74) is 9.93. The molecule has 0 aliphatic carbocycles. The number of hydrogen-bond acceptors (Lipinski definition) is 5. The van der Waals surface area contributed by atoms with Gasteiger partial charge in [0.15, 0.2) is 5.78 Å². The van der Waals surface area contributed by atoms with E-state index in [2.05, 4.69) is 32.1 Å². The predicted octanol–water partition coefficient (Wildman–Crippen LogP) is 2.19. The van der Waals surface area contributed by atoms with E-state index in [4.69, 9.17) is 5.73 Å². The van der Waals surface area contributed by atoms with Gasteiger partial charge in [-0.25, -0.2) is 4.79 Å². The van der Waals surface area contributed by atoms with E-state index in [1.807, 2.05) is 24.3 Å². The Morgan fingerprint density at radius 3 is 2.79 bits per heavy atom. The fourth-order valence-corrected chi connectivity index (χ4v) is 3.55. The third-order valence-corrected chi connectivity index (χ3v) is 5.22. The lowest BCUT2D eigenvalue weighted by molar-refractivity contribution is 0.0876. The minimum absolute atomic E-state index is 0.115. The monoisotopic (exact) mass is 392 g/mol. The molecule has 1 aromatic carbocycles. The van der Waals surface area contributed by atoms with Crippen LogP contribution in [0.3, 0.4) is 0 Å². The van der Waals surface area contributed by atoms with Gasteiger partial charge in [0, 0.05) is 66.7 Å². The average Bonchev–Trinajstić information content (AvgIpc) is 3.31. The molecule has 0 saturated carbocycles. The molecule has 8 heteroatoms. The number of fused-ring (bicyclic) bond motifs is 1. The Hall–Kier alpha value is -3.23. The normalized spacial score (nSPS) is 18.2. The number of ketones is 1. The van der Waals surface area contributed by atoms with Crippen molar-refractivity contribution in [2.24, 2.45) is 10.7 Å². The average molecular weight is 392 g/mol. The van der Waals surface area contributed by atoms with Gasteiger partial charge in [-0.3, -0.25) is 14.7 Å². The number of nitrogens with zero attached hydrogens (tertiary/aromatic N) is 3. The summed E-state index contributed by atoms with van der Waals surface area (Å²) in [6.07, 6.45) is 5.46. The molecular weight excluding hydrogens is 368 g/mol. The molecule has 1 aromatic heterocycles. The number of H-pyrrole nitrogens is 1. The summed E-state index contributed by atoms with van der Waals surface area (Å²) in [5, 5.41) is 2.58. The van der Waals surface area contributed by atoms with E-state index in [9.17, 15) is 9.59 Å². The highest BCUT2D eigenvalue weighted by Gasteiger charge is 2.18. The van der Waals surface area contributed by atoms with Crippen LogP contribution in [0.2, 0.25) is 0 Å². The maximum absolute atomic E-state index is 12.6. The molecule has 0 atom stereocenters. The number of rotatable bonds is 5. The van der Waals surface area contributed by atoms with Crippen molar-refractivity contribution in [3.05, 3.63) is 47.3 Å². The number of anilines is 1. The molecule has 2 aromatic rings. The van der Waals surface area contributed by atoms with Crippen molar-refractivity contribution >= 4 is 41.1 Å². The van der Waals surface area contributed by atoms with Crippen LogP contribution in [-0.2, 0) is 0 Å². The molecular formula is C21H24N6O2. The first-order valence-corrected chi connectivity index (χ1v) is 9.57. The van der Waals surface area contributed by atoms with E-state index in [0.717, 1.165) is 48.7 Å². The first-order chi connectivity index (χ1) is 14.0. The van der Waals surface area contributed by atoms with Crippen LogP contribution >= 0.6 is 0 Å². The molecule has 4 rings (SSSR count). The number of primary amides is 1. The third kappa shape index (κ3) is 4.44. The van der Waals surface area contributed by atoms with Crippen LogP contribution in [0.15, 0.2) is 35.5 Å². The van der Waals surface area contributed by atoms with E-state index >= 15 is 0 Å². The van der Waals surface area contributed by atoms with Crippen LogP contribution in [0.5, 0.6) is 0 Å². The molecule has 2 amide bonds. The summed E-state index contributed by atoms with van der Waals surface area (Å²) >= 11 is 0. The van der Waals surface area contributed by atoms with Gasteiger partial charge in [-0.1, -0.05) is 0 Å². The summed E-state index contributed by atoms with van der Waals surface area (Å²) in [6.45, 7) is 4.25. The molecule has 4 N–H and O–H groups in total. The highest BCUT2D eigenvalue weighted by Crippen LogP contribution is 2.34. The van der Waals surface area contributed by atoms with Crippen molar-refractivity contribution in [1.82, 2.24) is 14.8 Å². The van der Waals surface area contributed by atoms with Crippen LogP contribution in [0, 0.1) is 0 Å². The Bertz CT molecular complexity index is 998. The number of nitrogens with one attached hydrogen (secondary N) is 2. The van der Waals surface area contributed by atoms with Crippen molar-refractivity contribution in [2.45, 2.75) is 0 Å². The van der Waals surface area contributed by atoms with Gasteiger partial charge in [0.2, 0.25) is 0 Å². The molecule has 8 nitrogen and oxygen atoms in total. The standard InChI is InChI=1S/C21H24N6O2/c1-26-4-6-27(7-5-26)13-20(28)15-9-17(23-12-15)8-14-11-24-19-3-2-16(10-18(14)19)25-21(22)29/h2-3,8-12,23H,4-7,13H2,1H3,(H3,22,25,29). The molecule has 3 heterocycles. The van der Waals surface area contributed by atoms with Crippen molar-refractivity contribution in [3.63, 3.8) is 0 Å². The van der Waals surface area contributed by atoms with E-state index in [1.54, 1.807) is 18.5 Å². The minimum Gasteiger partial charge on any atom is -0.361 e. The van der Waals surface area contributed by atoms with Crippen molar-refractivity contribution < 1.29 is 9.59 Å². The Morgan fingerprint density at radius 2 is 2.03 bits per heavy atom. The van der Waals surface area contributed by atoms with Crippen LogP contribution in [0.4, 0.5) is 16.2 Å². The second-order valence-electron chi connectivity index (χ2n) is 7.43. The lowest BCUT2D eigenvalue weighted by Gasteiger charge is -2.31. The van der Waals surface area contributed by atoms with Crippen LogP contribution < -0.4 is 11.1 Å². The number of amides is 2. The molecule has 150 valence electrons. The Morgan fingerprint density at radius 1 is 1.24 bits per heavy atom. The number of piperazine rings is 1. The summed E-state index contributed by atoms with van der Waals surface area (Å²) < 4.78 is 0. The number of likely N-dealkylation sites (N-methyl/N-ethyl adjacent to an activating group) is 1. The largest absolute Gasteiger partial charge is 0.361 e. The summed E-state index contributed by atoms with van der Waals surface area (Å²) in [5.74, 6) is 0.115. The number of hydrogen-bond donors (Lipinski definition) is 3. The molecule has 2 aliphatic heterocycles. The van der Waals surface area contributed by atoms with E-state index in [-0.39, 0.29) is 5.78 Å². The maximum atomic E-state index is 12.6. The fraction of sp³-hybridized carbons (Fsp3) is 0.286. The predicted molar refractivity (Wildman–Crippen MR) is 115 cm³/mol. The molecule has 0 radical (unpaired) electrons. The van der Waals surface area contributed by atoms with Crippen LogP contribution in [0.1, 0.15) is 21.6 Å². The zero-order valence-electron chi connectivity index (χ0n) is 16.3. The number of carbonyl (C=O) groups is 2. The smallest absolute Gasteiger partial charge is 0.316 e. The van der Waals surface area contributed by atoms with Gasteiger partial charge in [-0.2, -0.15) is 0 Å². The number of aromatic nitrogens is 1. The Balaban J connectivity index is 1.47. The fourth-order valence-electron chi connectivity index (χ4n) is 3.55. The first-order valence-electron chi connectivity index (χ1n) is 9.57. The van der Waals surface area contributed by atoms with Gasteiger partial charge in [-0.15, -0.1) is 0 Å². The zero-order chi connectivity index (χ0) is 20.4. The summed E-state index contributed by atoms with van der Waals surface area (Å²) in [4.78, 5) is 35.7. The third-order valence-electron chi connectivity index (χ3n) is 5.22. The molecule has 0 bridgehead atoms. The minimum atomic E-state index is -0.609. The summed E-state index contributed by atoms with van der Waals surface area (Å²) in [6, 6.07) is 6.68. The topological polar surface area (TPSA) is 107 Å². The lowest BCUT2D eigenvalue weighted by Crippen LogP contribution is -2.46. The molecule has 1 saturated heterocycles. The Kier molecular flexibility index (Phi) is 5.28. The Labute approximate surface area is 169 Å². The van der Waals surface area contributed by atoms with E-state index < -0.39 is 6.03 Å². The second kappa shape index (κ2) is 8.02. The zero-order valence-corrected chi connectivity index (χ0v) is 16.3. The van der Waals surface area contributed by atoms with Crippen molar-refractivity contribution in [2.75, 3.05) is 45.1 Å². The number of benzene rings is 1. The quantitative estimate of drug-likeness (QED) is 0.678. The number of aromatic amines is 1. The number of urea groups is 1. The molecule has 1 fully saturated rings. The number of nitrogens with two attached hydrogens (primary N) is 1. The number of carbonyl (C=O) groups excluding carboxylic acids is 2. The number of aliphatic imine (C=N–C) groups is 1. The summed E-state index contributed by atoms with van der Waals surface area (Å²) in [7, 11) is 2.10. The molecule has 2 aliphatic rings.